The normalized spacial score (nSPS) is 17.0. The van der Waals surface area contributed by atoms with Crippen molar-refractivity contribution in [3.63, 3.8) is 0 Å². The highest BCUT2D eigenvalue weighted by Crippen LogP contribution is 2.37. The lowest BCUT2D eigenvalue weighted by molar-refractivity contribution is 0.179. The lowest BCUT2D eigenvalue weighted by Gasteiger charge is -2.33. The highest BCUT2D eigenvalue weighted by atomic mass is 15.4. The van der Waals surface area contributed by atoms with Crippen LogP contribution < -0.4 is 0 Å². The molecule has 1 atom stereocenters. The Morgan fingerprint density at radius 1 is 1.29 bits per heavy atom. The van der Waals surface area contributed by atoms with E-state index in [0.29, 0.717) is 5.92 Å². The van der Waals surface area contributed by atoms with Crippen LogP contribution >= 0.6 is 0 Å². The minimum Gasteiger partial charge on any atom is -0.361 e. The van der Waals surface area contributed by atoms with E-state index in [1.165, 1.54) is 35.7 Å². The fourth-order valence-corrected chi connectivity index (χ4v) is 3.44. The van der Waals surface area contributed by atoms with Crippen molar-refractivity contribution in [3.05, 3.63) is 48.4 Å². The molecular weight excluding hydrogens is 260 g/mol. The summed E-state index contributed by atoms with van der Waals surface area (Å²) in [5, 5.41) is 9.44. The summed E-state index contributed by atoms with van der Waals surface area (Å²) in [5.74, 6) is 1.49. The summed E-state index contributed by atoms with van der Waals surface area (Å²) in [6, 6.07) is 8.57. The lowest BCUT2D eigenvalue weighted by Crippen LogP contribution is -2.28. The van der Waals surface area contributed by atoms with E-state index < -0.39 is 0 Å². The molecule has 1 aliphatic rings. The molecule has 0 aliphatic heterocycles. The Morgan fingerprint density at radius 2 is 2.19 bits per heavy atom. The molecule has 4 nitrogen and oxygen atoms in total. The van der Waals surface area contributed by atoms with Gasteiger partial charge in [-0.15, -0.1) is 5.10 Å². The zero-order valence-corrected chi connectivity index (χ0v) is 12.1. The molecule has 1 N–H and O–H groups in total. The van der Waals surface area contributed by atoms with Crippen molar-refractivity contribution < 1.29 is 0 Å². The number of hydrogen-bond donors (Lipinski definition) is 1. The third-order valence-corrected chi connectivity index (χ3v) is 4.87. The number of nitrogens with one attached hydrogen (secondary N) is 1. The van der Waals surface area contributed by atoms with Crippen molar-refractivity contribution in [1.29, 1.82) is 0 Å². The van der Waals surface area contributed by atoms with Gasteiger partial charge in [0.1, 0.15) is 0 Å². The predicted molar refractivity (Wildman–Crippen MR) is 82.9 cm³/mol. The van der Waals surface area contributed by atoms with E-state index in [-0.39, 0.29) is 0 Å². The van der Waals surface area contributed by atoms with Crippen LogP contribution in [0.3, 0.4) is 0 Å². The SMILES string of the molecule is c1ccc2c(CC(Cn3ccnn3)C3CCC3)c[nH]c2c1. The topological polar surface area (TPSA) is 46.5 Å². The van der Waals surface area contributed by atoms with Crippen molar-refractivity contribution in [3.8, 4) is 0 Å². The molecule has 1 unspecified atom stereocenters. The average Bonchev–Trinajstić information content (AvgIpc) is 3.07. The summed E-state index contributed by atoms with van der Waals surface area (Å²) in [6.45, 7) is 0.976. The van der Waals surface area contributed by atoms with Gasteiger partial charge in [0.2, 0.25) is 0 Å². The van der Waals surface area contributed by atoms with Crippen LogP contribution in [0.5, 0.6) is 0 Å². The van der Waals surface area contributed by atoms with Gasteiger partial charge in [-0.1, -0.05) is 42.7 Å². The van der Waals surface area contributed by atoms with E-state index in [1.807, 2.05) is 10.9 Å². The Balaban J connectivity index is 1.58. The minimum atomic E-state index is 0.652. The third kappa shape index (κ3) is 2.46. The molecule has 0 saturated heterocycles. The van der Waals surface area contributed by atoms with Crippen molar-refractivity contribution in [2.45, 2.75) is 32.2 Å². The van der Waals surface area contributed by atoms with Crippen molar-refractivity contribution >= 4 is 10.9 Å². The number of H-pyrrole nitrogens is 1. The molecule has 0 bridgehead atoms. The van der Waals surface area contributed by atoms with Crippen LogP contribution in [0, 0.1) is 11.8 Å². The van der Waals surface area contributed by atoms with Crippen LogP contribution in [-0.4, -0.2) is 20.0 Å². The van der Waals surface area contributed by atoms with Gasteiger partial charge in [0.25, 0.3) is 0 Å². The minimum absolute atomic E-state index is 0.652. The fraction of sp³-hybridized carbons (Fsp3) is 0.412. The molecule has 0 spiro atoms. The Hall–Kier alpha value is -2.10. The molecule has 0 radical (unpaired) electrons. The van der Waals surface area contributed by atoms with Gasteiger partial charge < -0.3 is 4.98 Å². The van der Waals surface area contributed by atoms with E-state index in [2.05, 4.69) is 45.8 Å². The van der Waals surface area contributed by atoms with E-state index in [1.54, 1.807) is 6.20 Å². The quantitative estimate of drug-likeness (QED) is 0.778. The molecule has 2 aromatic heterocycles. The summed E-state index contributed by atoms with van der Waals surface area (Å²) >= 11 is 0. The first-order valence-electron chi connectivity index (χ1n) is 7.79. The second-order valence-corrected chi connectivity index (χ2v) is 6.14. The van der Waals surface area contributed by atoms with E-state index in [9.17, 15) is 0 Å². The Bertz CT molecular complexity index is 709. The average molecular weight is 280 g/mol. The molecule has 3 aromatic rings. The summed E-state index contributed by atoms with van der Waals surface area (Å²) in [4.78, 5) is 3.39. The van der Waals surface area contributed by atoms with Gasteiger partial charge in [-0.05, 0) is 29.9 Å². The monoisotopic (exact) mass is 280 g/mol. The van der Waals surface area contributed by atoms with Gasteiger partial charge in [0.15, 0.2) is 0 Å². The van der Waals surface area contributed by atoms with Crippen molar-refractivity contribution in [2.24, 2.45) is 11.8 Å². The van der Waals surface area contributed by atoms with Crippen LogP contribution in [0.15, 0.2) is 42.9 Å². The maximum atomic E-state index is 4.15. The molecule has 108 valence electrons. The lowest BCUT2D eigenvalue weighted by atomic mass is 9.73. The largest absolute Gasteiger partial charge is 0.361 e. The van der Waals surface area contributed by atoms with E-state index in [0.717, 1.165) is 18.9 Å². The Labute approximate surface area is 124 Å². The number of aromatic nitrogens is 4. The fourth-order valence-electron chi connectivity index (χ4n) is 3.44. The van der Waals surface area contributed by atoms with Gasteiger partial charge in [-0.3, -0.25) is 4.68 Å². The van der Waals surface area contributed by atoms with Gasteiger partial charge in [-0.25, -0.2) is 0 Å². The summed E-state index contributed by atoms with van der Waals surface area (Å²) in [6.07, 6.45) is 11.1. The van der Waals surface area contributed by atoms with Gasteiger partial charge >= 0.3 is 0 Å². The van der Waals surface area contributed by atoms with Gasteiger partial charge in [-0.2, -0.15) is 0 Å². The molecule has 2 heterocycles. The van der Waals surface area contributed by atoms with Crippen LogP contribution in [0.2, 0.25) is 0 Å². The summed E-state index contributed by atoms with van der Waals surface area (Å²) in [7, 11) is 0. The first-order chi connectivity index (χ1) is 10.4. The van der Waals surface area contributed by atoms with Crippen LogP contribution in [0.4, 0.5) is 0 Å². The molecule has 1 aliphatic carbocycles. The van der Waals surface area contributed by atoms with E-state index >= 15 is 0 Å². The zero-order chi connectivity index (χ0) is 14.1. The van der Waals surface area contributed by atoms with Crippen LogP contribution in [0.1, 0.15) is 24.8 Å². The van der Waals surface area contributed by atoms with Crippen LogP contribution in [-0.2, 0) is 13.0 Å². The third-order valence-electron chi connectivity index (χ3n) is 4.87. The standard InChI is InChI=1S/C17H20N4/c1-2-7-17-16(6-1)14(11-18-17)10-15(13-4-3-5-13)12-21-9-8-19-20-21/h1-2,6-9,11,13,15,18H,3-5,10,12H2. The van der Waals surface area contributed by atoms with Crippen LogP contribution in [0.25, 0.3) is 10.9 Å². The molecular formula is C17H20N4. The summed E-state index contributed by atoms with van der Waals surface area (Å²) < 4.78 is 1.98. The maximum Gasteiger partial charge on any atom is 0.0692 e. The number of aromatic amines is 1. The second-order valence-electron chi connectivity index (χ2n) is 6.14. The molecule has 4 heteroatoms. The number of para-hydroxylation sites is 1. The number of benzene rings is 1. The first kappa shape index (κ1) is 12.6. The molecule has 0 amide bonds. The Morgan fingerprint density at radius 3 is 2.95 bits per heavy atom. The number of hydrogen-bond acceptors (Lipinski definition) is 2. The molecule has 1 saturated carbocycles. The molecule has 1 fully saturated rings. The first-order valence-corrected chi connectivity index (χ1v) is 7.79. The number of rotatable bonds is 5. The van der Waals surface area contributed by atoms with E-state index in [4.69, 9.17) is 0 Å². The molecule has 4 rings (SSSR count). The molecule has 1 aromatic carbocycles. The van der Waals surface area contributed by atoms with Gasteiger partial charge in [0, 0.05) is 29.8 Å². The van der Waals surface area contributed by atoms with Gasteiger partial charge in [0.05, 0.1) is 6.20 Å². The number of nitrogens with zero attached hydrogens (tertiary/aromatic N) is 3. The highest BCUT2D eigenvalue weighted by molar-refractivity contribution is 5.83. The summed E-state index contributed by atoms with van der Waals surface area (Å²) in [5.41, 5.74) is 2.67. The van der Waals surface area contributed by atoms with Crippen molar-refractivity contribution in [1.82, 2.24) is 20.0 Å². The zero-order valence-electron chi connectivity index (χ0n) is 12.1. The predicted octanol–water partition coefficient (Wildman–Crippen LogP) is 3.42. The Kier molecular flexibility index (Phi) is 3.22. The maximum absolute atomic E-state index is 4.15. The molecule has 21 heavy (non-hydrogen) atoms. The number of fused-ring (bicyclic) bond motifs is 1. The smallest absolute Gasteiger partial charge is 0.0692 e. The van der Waals surface area contributed by atoms with Crippen molar-refractivity contribution in [2.75, 3.05) is 0 Å². The second kappa shape index (κ2) is 5.35. The highest BCUT2D eigenvalue weighted by Gasteiger charge is 2.28.